The molecule has 3 nitrogen and oxygen atoms in total. The molecule has 0 saturated heterocycles. The van der Waals surface area contributed by atoms with Crippen LogP contribution in [0.3, 0.4) is 0 Å². The van der Waals surface area contributed by atoms with E-state index >= 15 is 0 Å². The third kappa shape index (κ3) is 6.12. The molecule has 0 bridgehead atoms. The van der Waals surface area contributed by atoms with Crippen LogP contribution in [0.15, 0.2) is 247 Å². The summed E-state index contributed by atoms with van der Waals surface area (Å²) in [4.78, 5) is 2.43. The van der Waals surface area contributed by atoms with E-state index in [4.69, 9.17) is 4.42 Å². The monoisotopic (exact) mass is 828 g/mol. The predicted molar refractivity (Wildman–Crippen MR) is 274 cm³/mol. The van der Waals surface area contributed by atoms with Crippen molar-refractivity contribution in [2.45, 2.75) is 0 Å². The van der Waals surface area contributed by atoms with Crippen molar-refractivity contribution in [2.75, 3.05) is 4.90 Å². The van der Waals surface area contributed by atoms with Gasteiger partial charge in [-0.1, -0.05) is 170 Å². The molecule has 2 heterocycles. The van der Waals surface area contributed by atoms with Crippen LogP contribution in [0, 0.1) is 0 Å². The predicted octanol–water partition coefficient (Wildman–Crippen LogP) is 17.5. The molecule has 0 fully saturated rings. The Balaban J connectivity index is 1.08. The van der Waals surface area contributed by atoms with Crippen molar-refractivity contribution in [3.8, 4) is 39.1 Å². The Kier molecular flexibility index (Phi) is 8.53. The van der Waals surface area contributed by atoms with E-state index in [0.717, 1.165) is 66.8 Å². The van der Waals surface area contributed by atoms with Crippen molar-refractivity contribution in [1.82, 2.24) is 4.57 Å². The average Bonchev–Trinajstić information content (AvgIpc) is 3.91. The molecule has 0 amide bonds. The minimum absolute atomic E-state index is 0.867. The van der Waals surface area contributed by atoms with Gasteiger partial charge in [-0.25, -0.2) is 0 Å². The number of hydrogen-bond acceptors (Lipinski definition) is 2. The van der Waals surface area contributed by atoms with Gasteiger partial charge in [0, 0.05) is 44.2 Å². The fourth-order valence-electron chi connectivity index (χ4n) is 10.1. The van der Waals surface area contributed by atoms with Gasteiger partial charge in [0.25, 0.3) is 0 Å². The molecule has 0 saturated carbocycles. The molecule has 11 aromatic carbocycles. The molecule has 2 aromatic heterocycles. The molecule has 65 heavy (non-hydrogen) atoms. The third-order valence-electron chi connectivity index (χ3n) is 13.2. The summed E-state index contributed by atoms with van der Waals surface area (Å²) in [5.74, 6) is 0. The van der Waals surface area contributed by atoms with E-state index in [1.54, 1.807) is 0 Å². The Morgan fingerprint density at radius 3 is 1.49 bits per heavy atom. The fourth-order valence-corrected chi connectivity index (χ4v) is 10.1. The second kappa shape index (κ2) is 15.0. The first kappa shape index (κ1) is 36.9. The number of nitrogens with zero attached hydrogens (tertiary/aromatic N) is 2. The van der Waals surface area contributed by atoms with Crippen LogP contribution in [0.25, 0.3) is 104 Å². The highest BCUT2D eigenvalue weighted by atomic mass is 16.3. The van der Waals surface area contributed by atoms with Gasteiger partial charge in [0.1, 0.15) is 11.2 Å². The maximum absolute atomic E-state index is 6.56. The van der Waals surface area contributed by atoms with E-state index in [0.29, 0.717) is 0 Å². The van der Waals surface area contributed by atoms with Crippen LogP contribution in [-0.4, -0.2) is 4.57 Å². The minimum Gasteiger partial charge on any atom is -0.456 e. The van der Waals surface area contributed by atoms with Gasteiger partial charge in [-0.2, -0.15) is 0 Å². The first-order valence-electron chi connectivity index (χ1n) is 22.2. The molecular weight excluding hydrogens is 789 g/mol. The summed E-state index contributed by atoms with van der Waals surface area (Å²) >= 11 is 0. The molecule has 0 aliphatic heterocycles. The van der Waals surface area contributed by atoms with Crippen molar-refractivity contribution in [3.63, 3.8) is 0 Å². The molecule has 0 N–H and O–H groups in total. The average molecular weight is 829 g/mol. The number of rotatable bonds is 7. The molecule has 0 aliphatic carbocycles. The molecule has 0 spiro atoms. The molecule has 0 aliphatic rings. The van der Waals surface area contributed by atoms with Gasteiger partial charge in [0.05, 0.1) is 16.7 Å². The maximum Gasteiger partial charge on any atom is 0.136 e. The van der Waals surface area contributed by atoms with Crippen molar-refractivity contribution < 1.29 is 4.42 Å². The van der Waals surface area contributed by atoms with Crippen LogP contribution in [0.5, 0.6) is 0 Å². The number of benzene rings is 11. The van der Waals surface area contributed by atoms with Gasteiger partial charge in [0.15, 0.2) is 0 Å². The summed E-state index contributed by atoms with van der Waals surface area (Å²) in [6.45, 7) is 0. The van der Waals surface area contributed by atoms with E-state index in [2.05, 4.69) is 246 Å². The van der Waals surface area contributed by atoms with Crippen LogP contribution < -0.4 is 4.90 Å². The quantitative estimate of drug-likeness (QED) is 0.160. The Morgan fingerprint density at radius 2 is 0.831 bits per heavy atom. The lowest BCUT2D eigenvalue weighted by atomic mass is 9.96. The van der Waals surface area contributed by atoms with Crippen molar-refractivity contribution in [2.24, 2.45) is 0 Å². The zero-order chi connectivity index (χ0) is 42.8. The van der Waals surface area contributed by atoms with E-state index in [9.17, 15) is 0 Å². The zero-order valence-corrected chi connectivity index (χ0v) is 35.4. The molecular formula is C62H40N2O. The maximum atomic E-state index is 6.56. The summed E-state index contributed by atoms with van der Waals surface area (Å²) in [5, 5.41) is 9.56. The van der Waals surface area contributed by atoms with Gasteiger partial charge in [0.2, 0.25) is 0 Å². The van der Waals surface area contributed by atoms with Crippen molar-refractivity contribution >= 4 is 82.4 Å². The fraction of sp³-hybridized carbons (Fsp3) is 0. The van der Waals surface area contributed by atoms with E-state index in [-0.39, 0.29) is 0 Å². The lowest BCUT2D eigenvalue weighted by molar-refractivity contribution is 0.669. The molecule has 13 rings (SSSR count). The normalized spacial score (nSPS) is 11.7. The topological polar surface area (TPSA) is 21.3 Å². The molecule has 0 unspecified atom stereocenters. The Bertz CT molecular complexity index is 3800. The summed E-state index contributed by atoms with van der Waals surface area (Å²) in [7, 11) is 0. The molecule has 0 atom stereocenters. The van der Waals surface area contributed by atoms with Crippen LogP contribution >= 0.6 is 0 Å². The molecule has 3 heteroatoms. The first-order valence-corrected chi connectivity index (χ1v) is 22.2. The number of fused-ring (bicyclic) bond motifs is 8. The van der Waals surface area contributed by atoms with Gasteiger partial charge in [-0.05, 0) is 122 Å². The van der Waals surface area contributed by atoms with E-state index in [1.165, 1.54) is 54.6 Å². The molecule has 304 valence electrons. The van der Waals surface area contributed by atoms with E-state index < -0.39 is 0 Å². The largest absolute Gasteiger partial charge is 0.456 e. The minimum atomic E-state index is 0.867. The second-order valence-electron chi connectivity index (χ2n) is 16.9. The highest BCUT2D eigenvalue weighted by Crippen LogP contribution is 2.47. The number of aromatic nitrogens is 1. The van der Waals surface area contributed by atoms with Crippen LogP contribution in [0.2, 0.25) is 0 Å². The Labute approximate surface area is 376 Å². The summed E-state index contributed by atoms with van der Waals surface area (Å²) in [5.41, 5.74) is 15.3. The van der Waals surface area contributed by atoms with Gasteiger partial charge in [-0.15, -0.1) is 0 Å². The lowest BCUT2D eigenvalue weighted by Gasteiger charge is -2.29. The van der Waals surface area contributed by atoms with E-state index in [1.807, 2.05) is 6.07 Å². The molecule has 0 radical (unpaired) electrons. The van der Waals surface area contributed by atoms with Gasteiger partial charge < -0.3 is 13.9 Å². The standard InChI is InChI=1S/C62H40N2O/c1-2-18-46(19-3-1)64-58-26-10-8-22-53(58)57-39-56(45-32-37-55-54-23-9-11-27-61(54)65-62(55)38-45)59(40-60(57)64)63(47-33-28-43(29-34-47)51-24-12-16-41-14-4-6-20-49(41)51)48-35-30-44(31-36-48)52-25-13-17-42-15-5-7-21-50(42)52/h1-40H. The third-order valence-corrected chi connectivity index (χ3v) is 13.2. The first-order chi connectivity index (χ1) is 32.2. The van der Waals surface area contributed by atoms with Crippen LogP contribution in [0.1, 0.15) is 0 Å². The molecule has 13 aromatic rings. The Hall–Kier alpha value is -8.66. The van der Waals surface area contributed by atoms with Crippen molar-refractivity contribution in [3.05, 3.63) is 243 Å². The van der Waals surface area contributed by atoms with Gasteiger partial charge >= 0.3 is 0 Å². The zero-order valence-electron chi connectivity index (χ0n) is 35.4. The van der Waals surface area contributed by atoms with Crippen LogP contribution in [-0.2, 0) is 0 Å². The van der Waals surface area contributed by atoms with Crippen LogP contribution in [0.4, 0.5) is 17.1 Å². The second-order valence-corrected chi connectivity index (χ2v) is 16.9. The summed E-state index contributed by atoms with van der Waals surface area (Å²) in [6.07, 6.45) is 0. The van der Waals surface area contributed by atoms with Crippen molar-refractivity contribution in [1.29, 1.82) is 0 Å². The smallest absolute Gasteiger partial charge is 0.136 e. The number of hydrogen-bond donors (Lipinski definition) is 0. The Morgan fingerprint density at radius 1 is 0.308 bits per heavy atom. The summed E-state index contributed by atoms with van der Waals surface area (Å²) in [6, 6.07) is 87.9. The summed E-state index contributed by atoms with van der Waals surface area (Å²) < 4.78 is 8.97. The highest BCUT2D eigenvalue weighted by Gasteiger charge is 2.23. The van der Waals surface area contributed by atoms with Gasteiger partial charge in [-0.3, -0.25) is 0 Å². The SMILES string of the molecule is c1ccc(-n2c3ccccc3c3cc(-c4ccc5c(c4)oc4ccccc45)c(N(c4ccc(-c5cccc6ccccc56)cc4)c4ccc(-c5cccc6ccccc56)cc4)cc32)cc1. The lowest BCUT2D eigenvalue weighted by Crippen LogP contribution is -2.11. The number of anilines is 3. The number of para-hydroxylation sites is 3. The number of furan rings is 1. The highest BCUT2D eigenvalue weighted by molar-refractivity contribution is 6.14.